The van der Waals surface area contributed by atoms with Gasteiger partial charge in [0.05, 0.1) is 6.61 Å². The smallest absolute Gasteiger partial charge is 0.361 e. The minimum atomic E-state index is -0.782. The summed E-state index contributed by atoms with van der Waals surface area (Å²) in [4.78, 5) is 41.5. The molecular weight excluding hydrogens is 364 g/mol. The molecule has 0 bridgehead atoms. The first-order valence-corrected chi connectivity index (χ1v) is 8.72. The van der Waals surface area contributed by atoms with Crippen LogP contribution in [0.1, 0.15) is 34.4 Å². The molecule has 28 heavy (non-hydrogen) atoms. The van der Waals surface area contributed by atoms with Gasteiger partial charge in [-0.05, 0) is 51.0 Å². The van der Waals surface area contributed by atoms with Gasteiger partial charge in [-0.15, -0.1) is 0 Å². The Bertz CT molecular complexity index is 1110. The molecule has 0 radical (unpaired) electrons. The molecule has 1 amide bonds. The monoisotopic (exact) mass is 384 g/mol. The normalized spacial score (nSPS) is 10.9. The average Bonchev–Trinajstić information content (AvgIpc) is 3.01. The van der Waals surface area contributed by atoms with Crippen molar-refractivity contribution in [1.82, 2.24) is 14.7 Å². The third-order valence-corrected chi connectivity index (χ3v) is 4.06. The first-order valence-electron chi connectivity index (χ1n) is 8.72. The third-order valence-electron chi connectivity index (χ3n) is 4.06. The summed E-state index contributed by atoms with van der Waals surface area (Å²) >= 11 is 0. The molecule has 9 heteroatoms. The predicted molar refractivity (Wildman–Crippen MR) is 101 cm³/mol. The molecule has 2 aromatic heterocycles. The van der Waals surface area contributed by atoms with Crippen LogP contribution in [0.2, 0.25) is 0 Å². The van der Waals surface area contributed by atoms with Crippen molar-refractivity contribution in [2.24, 2.45) is 0 Å². The number of aromatic nitrogens is 3. The average molecular weight is 384 g/mol. The van der Waals surface area contributed by atoms with Crippen molar-refractivity contribution in [3.05, 3.63) is 51.2 Å². The van der Waals surface area contributed by atoms with Gasteiger partial charge in [0.15, 0.2) is 0 Å². The molecule has 3 aromatic rings. The van der Waals surface area contributed by atoms with Crippen LogP contribution in [0, 0.1) is 20.8 Å². The van der Waals surface area contributed by atoms with Gasteiger partial charge in [0.2, 0.25) is 11.6 Å². The van der Waals surface area contributed by atoms with Gasteiger partial charge in [0.25, 0.3) is 11.3 Å². The summed E-state index contributed by atoms with van der Waals surface area (Å²) in [5.41, 5.74) is 1.74. The third kappa shape index (κ3) is 3.78. The number of ether oxygens (including phenoxy) is 1. The Labute approximate surface area is 160 Å². The number of hydrogen-bond acceptors (Lipinski definition) is 7. The van der Waals surface area contributed by atoms with E-state index in [1.165, 1.54) is 4.57 Å². The number of fused-ring (bicyclic) bond motifs is 1. The zero-order chi connectivity index (χ0) is 20.4. The highest BCUT2D eigenvalue weighted by Gasteiger charge is 2.24. The minimum Gasteiger partial charge on any atom is -0.461 e. The molecule has 1 aromatic carbocycles. The second-order valence-corrected chi connectivity index (χ2v) is 6.41. The summed E-state index contributed by atoms with van der Waals surface area (Å²) in [7, 11) is 0. The maximum atomic E-state index is 12.9. The number of nitrogens with zero attached hydrogens (tertiary/aromatic N) is 3. The molecule has 0 unspecified atom stereocenters. The summed E-state index contributed by atoms with van der Waals surface area (Å²) in [5.74, 6) is -0.916. The Balaban J connectivity index is 1.94. The number of hydrogen-bond donors (Lipinski definition) is 1. The molecule has 2 heterocycles. The van der Waals surface area contributed by atoms with Gasteiger partial charge in [-0.2, -0.15) is 4.98 Å². The van der Waals surface area contributed by atoms with E-state index in [0.717, 1.165) is 11.1 Å². The summed E-state index contributed by atoms with van der Waals surface area (Å²) in [5, 5.41) is 6.26. The summed E-state index contributed by atoms with van der Waals surface area (Å²) in [6.45, 7) is 6.92. The topological polar surface area (TPSA) is 116 Å². The van der Waals surface area contributed by atoms with Crippen LogP contribution in [0.25, 0.3) is 11.1 Å². The van der Waals surface area contributed by atoms with Gasteiger partial charge in [-0.3, -0.25) is 14.2 Å². The van der Waals surface area contributed by atoms with Crippen molar-refractivity contribution >= 4 is 28.7 Å². The number of rotatable bonds is 5. The van der Waals surface area contributed by atoms with Crippen molar-refractivity contribution < 1.29 is 18.8 Å². The highest BCUT2D eigenvalue weighted by atomic mass is 16.5. The number of esters is 1. The zero-order valence-electron chi connectivity index (χ0n) is 16.0. The molecule has 0 spiro atoms. The largest absolute Gasteiger partial charge is 0.461 e. The van der Waals surface area contributed by atoms with E-state index in [9.17, 15) is 14.4 Å². The van der Waals surface area contributed by atoms with E-state index in [1.807, 2.05) is 32.0 Å². The highest BCUT2D eigenvalue weighted by Crippen LogP contribution is 2.16. The second kappa shape index (κ2) is 7.63. The van der Waals surface area contributed by atoms with Crippen LogP contribution in [-0.2, 0) is 16.1 Å². The quantitative estimate of drug-likeness (QED) is 0.670. The lowest BCUT2D eigenvalue weighted by Crippen LogP contribution is -2.30. The van der Waals surface area contributed by atoms with E-state index in [2.05, 4.69) is 15.5 Å². The van der Waals surface area contributed by atoms with Crippen LogP contribution in [-0.4, -0.2) is 33.2 Å². The molecule has 0 fully saturated rings. The fourth-order valence-corrected chi connectivity index (χ4v) is 2.96. The zero-order valence-corrected chi connectivity index (χ0v) is 16.0. The Morgan fingerprint density at radius 2 is 1.86 bits per heavy atom. The Hall–Kier alpha value is -3.49. The number of amides is 1. The molecule has 0 saturated heterocycles. The van der Waals surface area contributed by atoms with Gasteiger partial charge in [-0.1, -0.05) is 11.2 Å². The number of anilines is 1. The molecule has 3 rings (SSSR count). The molecule has 0 aliphatic rings. The van der Waals surface area contributed by atoms with Crippen LogP contribution < -0.4 is 10.9 Å². The molecule has 0 atom stereocenters. The van der Waals surface area contributed by atoms with E-state index in [4.69, 9.17) is 9.26 Å². The lowest BCUT2D eigenvalue weighted by atomic mass is 10.1. The molecular formula is C19H20N4O5. The number of benzene rings is 1. The SMILES string of the molecule is CCOC(=O)c1noc2nc(C)n(CC(=O)Nc3cc(C)cc(C)c3)c(=O)c12. The lowest BCUT2D eigenvalue weighted by Gasteiger charge is -2.11. The number of nitrogens with one attached hydrogen (secondary N) is 1. The highest BCUT2D eigenvalue weighted by molar-refractivity contribution is 6.00. The molecule has 9 nitrogen and oxygen atoms in total. The maximum absolute atomic E-state index is 12.9. The summed E-state index contributed by atoms with van der Waals surface area (Å²) in [6.07, 6.45) is 0. The molecule has 0 saturated carbocycles. The van der Waals surface area contributed by atoms with E-state index in [0.29, 0.717) is 5.69 Å². The van der Waals surface area contributed by atoms with Crippen LogP contribution in [0.15, 0.2) is 27.5 Å². The van der Waals surface area contributed by atoms with Crippen molar-refractivity contribution in [3.8, 4) is 0 Å². The maximum Gasteiger partial charge on any atom is 0.361 e. The van der Waals surface area contributed by atoms with Crippen molar-refractivity contribution in [3.63, 3.8) is 0 Å². The molecule has 1 N–H and O–H groups in total. The number of carbonyl (C=O) groups is 2. The fraction of sp³-hybridized carbons (Fsp3) is 0.316. The molecule has 146 valence electrons. The van der Waals surface area contributed by atoms with Crippen LogP contribution in [0.4, 0.5) is 5.69 Å². The van der Waals surface area contributed by atoms with E-state index >= 15 is 0 Å². The molecule has 0 aliphatic heterocycles. The standard InChI is InChI=1S/C19H20N4O5/c1-5-27-19(26)16-15-17(28-22-16)20-12(4)23(18(15)25)9-14(24)21-13-7-10(2)6-11(3)8-13/h6-8H,5,9H2,1-4H3,(H,21,24). The van der Waals surface area contributed by atoms with Crippen molar-refractivity contribution in [1.29, 1.82) is 0 Å². The van der Waals surface area contributed by atoms with Crippen molar-refractivity contribution in [2.45, 2.75) is 34.2 Å². The van der Waals surface area contributed by atoms with Gasteiger partial charge in [-0.25, -0.2) is 4.79 Å². The fourth-order valence-electron chi connectivity index (χ4n) is 2.96. The van der Waals surface area contributed by atoms with E-state index < -0.39 is 17.4 Å². The predicted octanol–water partition coefficient (Wildman–Crippen LogP) is 2.13. The minimum absolute atomic E-state index is 0.0727. The first kappa shape index (κ1) is 19.3. The first-order chi connectivity index (χ1) is 13.3. The van der Waals surface area contributed by atoms with E-state index in [1.54, 1.807) is 13.8 Å². The number of carbonyl (C=O) groups excluding carboxylic acids is 2. The van der Waals surface area contributed by atoms with Crippen molar-refractivity contribution in [2.75, 3.05) is 11.9 Å². The van der Waals surface area contributed by atoms with Crippen LogP contribution >= 0.6 is 0 Å². The van der Waals surface area contributed by atoms with Gasteiger partial charge in [0.1, 0.15) is 17.8 Å². The van der Waals surface area contributed by atoms with Gasteiger partial charge in [0, 0.05) is 5.69 Å². The second-order valence-electron chi connectivity index (χ2n) is 6.41. The van der Waals surface area contributed by atoms with Crippen LogP contribution in [0.5, 0.6) is 0 Å². The van der Waals surface area contributed by atoms with Gasteiger partial charge >= 0.3 is 5.97 Å². The Morgan fingerprint density at radius 3 is 2.50 bits per heavy atom. The number of aryl methyl sites for hydroxylation is 3. The summed E-state index contributed by atoms with van der Waals surface area (Å²) in [6, 6.07) is 5.66. The van der Waals surface area contributed by atoms with Crippen LogP contribution in [0.3, 0.4) is 0 Å². The molecule has 0 aliphatic carbocycles. The Morgan fingerprint density at radius 1 is 1.18 bits per heavy atom. The van der Waals surface area contributed by atoms with Gasteiger partial charge < -0.3 is 14.6 Å². The lowest BCUT2D eigenvalue weighted by molar-refractivity contribution is -0.116. The Kier molecular flexibility index (Phi) is 5.25. The summed E-state index contributed by atoms with van der Waals surface area (Å²) < 4.78 is 11.0. The van der Waals surface area contributed by atoms with E-state index in [-0.39, 0.29) is 35.8 Å².